The van der Waals surface area contributed by atoms with Crippen molar-refractivity contribution in [3.05, 3.63) is 70.8 Å². The molecule has 0 heterocycles. The number of aliphatic hydroxyl groups excluding tert-OH is 2. The molecule has 5 N–H and O–H groups in total. The quantitative estimate of drug-likeness (QED) is 0.251. The smallest absolute Gasteiger partial charge is 0.193 e. The second-order valence-corrected chi connectivity index (χ2v) is 9.09. The Bertz CT molecular complexity index is 865. The van der Waals surface area contributed by atoms with Gasteiger partial charge in [0.2, 0.25) is 0 Å². The summed E-state index contributed by atoms with van der Waals surface area (Å²) in [6, 6.07) is 12.9. The Morgan fingerprint density at radius 1 is 0.788 bits per heavy atom. The number of benzene rings is 2. The lowest BCUT2D eigenvalue weighted by atomic mass is 9.92. The van der Waals surface area contributed by atoms with E-state index in [9.17, 15) is 35.1 Å². The van der Waals surface area contributed by atoms with Gasteiger partial charge in [-0.15, -0.1) is 0 Å². The maximum absolute atomic E-state index is 12.3. The molecule has 2 aromatic rings. The first-order chi connectivity index (χ1) is 15.3. The molecule has 0 bridgehead atoms. The zero-order valence-corrected chi connectivity index (χ0v) is 19.2. The number of aliphatic hydroxyl groups is 5. The van der Waals surface area contributed by atoms with Crippen molar-refractivity contribution in [1.82, 2.24) is 0 Å². The fraction of sp³-hybridized carbons (Fsp3) is 0.440. The highest BCUT2D eigenvalue weighted by molar-refractivity contribution is 6.02. The number of Topliss-reactive ketones (excluding diaryl/α,β-unsaturated/α-hetero) is 2. The van der Waals surface area contributed by atoms with Gasteiger partial charge in [0.25, 0.3) is 0 Å². The minimum Gasteiger partial charge on any atom is -0.396 e. The molecule has 1 atom stereocenters. The molecule has 0 aliphatic carbocycles. The lowest BCUT2D eigenvalue weighted by Gasteiger charge is -2.24. The molecule has 0 saturated heterocycles. The number of ketones is 2. The number of ether oxygens (including phenoxy) is 1. The molecule has 8 heteroatoms. The topological polar surface area (TPSA) is 145 Å². The van der Waals surface area contributed by atoms with Gasteiger partial charge in [-0.1, -0.05) is 48.5 Å². The lowest BCUT2D eigenvalue weighted by Crippen LogP contribution is -2.31. The van der Waals surface area contributed by atoms with Crippen LogP contribution in [0.4, 0.5) is 0 Å². The average molecular weight is 461 g/mol. The van der Waals surface area contributed by atoms with E-state index in [-0.39, 0.29) is 6.61 Å². The number of hydrogen-bond donors (Lipinski definition) is 5. The van der Waals surface area contributed by atoms with E-state index in [4.69, 9.17) is 4.74 Å². The van der Waals surface area contributed by atoms with Gasteiger partial charge in [-0.05, 0) is 38.8 Å². The van der Waals surface area contributed by atoms with E-state index in [1.807, 2.05) is 0 Å². The van der Waals surface area contributed by atoms with E-state index in [0.717, 1.165) is 0 Å². The SMILES string of the molecule is CC(C)(O)C(=O)c1ccc(C(OCC(CO)C(O)O)c2ccc(C(=O)C(C)(C)O)cc2)cc1. The molecule has 0 aliphatic rings. The summed E-state index contributed by atoms with van der Waals surface area (Å²) in [6.45, 7) is 4.94. The number of carbonyl (C=O) groups is 2. The van der Waals surface area contributed by atoms with Crippen LogP contribution < -0.4 is 0 Å². The Balaban J connectivity index is 2.38. The molecule has 0 aliphatic heterocycles. The number of hydrogen-bond acceptors (Lipinski definition) is 8. The van der Waals surface area contributed by atoms with Crippen molar-refractivity contribution in [3.63, 3.8) is 0 Å². The van der Waals surface area contributed by atoms with Gasteiger partial charge in [-0.25, -0.2) is 0 Å². The first-order valence-electron chi connectivity index (χ1n) is 10.6. The van der Waals surface area contributed by atoms with E-state index in [0.29, 0.717) is 22.3 Å². The fourth-order valence-electron chi connectivity index (χ4n) is 3.16. The molecule has 0 amide bonds. The average Bonchev–Trinajstić information content (AvgIpc) is 2.74. The second kappa shape index (κ2) is 10.6. The monoisotopic (exact) mass is 460 g/mol. The van der Waals surface area contributed by atoms with Crippen molar-refractivity contribution in [2.75, 3.05) is 13.2 Å². The van der Waals surface area contributed by atoms with Gasteiger partial charge in [0, 0.05) is 11.1 Å². The van der Waals surface area contributed by atoms with Crippen LogP contribution in [-0.2, 0) is 4.74 Å². The van der Waals surface area contributed by atoms with Crippen LogP contribution in [0.5, 0.6) is 0 Å². The summed E-state index contributed by atoms with van der Waals surface area (Å²) in [7, 11) is 0. The third-order valence-corrected chi connectivity index (χ3v) is 5.20. The molecular weight excluding hydrogens is 428 g/mol. The van der Waals surface area contributed by atoms with Gasteiger partial charge in [0.1, 0.15) is 17.3 Å². The normalized spacial score (nSPS) is 13.4. The summed E-state index contributed by atoms with van der Waals surface area (Å²) in [5, 5.41) is 48.1. The van der Waals surface area contributed by atoms with Crippen LogP contribution in [0.3, 0.4) is 0 Å². The molecule has 0 fully saturated rings. The van der Waals surface area contributed by atoms with Crippen molar-refractivity contribution in [2.45, 2.75) is 51.3 Å². The van der Waals surface area contributed by atoms with E-state index < -0.39 is 47.7 Å². The Kier molecular flexibility index (Phi) is 8.64. The van der Waals surface area contributed by atoms with Crippen LogP contribution in [0, 0.1) is 5.92 Å². The first kappa shape index (κ1) is 26.8. The molecule has 2 rings (SSSR count). The predicted molar refractivity (Wildman–Crippen MR) is 121 cm³/mol. The maximum Gasteiger partial charge on any atom is 0.193 e. The molecule has 0 radical (unpaired) electrons. The van der Waals surface area contributed by atoms with Crippen LogP contribution in [0.2, 0.25) is 0 Å². The highest BCUT2D eigenvalue weighted by Gasteiger charge is 2.27. The number of carbonyl (C=O) groups excluding carboxylic acids is 2. The zero-order valence-electron chi connectivity index (χ0n) is 19.2. The third kappa shape index (κ3) is 7.01. The minimum atomic E-state index is -1.77. The lowest BCUT2D eigenvalue weighted by molar-refractivity contribution is -0.122. The zero-order chi connectivity index (χ0) is 25.0. The van der Waals surface area contributed by atoms with Gasteiger partial charge in [-0.3, -0.25) is 9.59 Å². The van der Waals surface area contributed by atoms with E-state index in [2.05, 4.69) is 0 Å². The van der Waals surface area contributed by atoms with Crippen LogP contribution in [0.1, 0.15) is 65.6 Å². The van der Waals surface area contributed by atoms with Gasteiger partial charge < -0.3 is 30.3 Å². The summed E-state index contributed by atoms with van der Waals surface area (Å²) >= 11 is 0. The molecule has 0 spiro atoms. The molecule has 0 saturated carbocycles. The van der Waals surface area contributed by atoms with Crippen molar-refractivity contribution in [2.24, 2.45) is 5.92 Å². The van der Waals surface area contributed by atoms with Gasteiger partial charge in [0.15, 0.2) is 17.9 Å². The van der Waals surface area contributed by atoms with Gasteiger partial charge in [0.05, 0.1) is 19.1 Å². The molecule has 0 aromatic heterocycles. The highest BCUT2D eigenvalue weighted by atomic mass is 16.5. The van der Waals surface area contributed by atoms with Crippen LogP contribution in [0.25, 0.3) is 0 Å². The van der Waals surface area contributed by atoms with E-state index in [1.54, 1.807) is 48.5 Å². The van der Waals surface area contributed by atoms with E-state index >= 15 is 0 Å². The molecule has 1 unspecified atom stereocenters. The molecule has 33 heavy (non-hydrogen) atoms. The van der Waals surface area contributed by atoms with Crippen molar-refractivity contribution < 1.29 is 39.9 Å². The maximum atomic E-state index is 12.3. The molecule has 180 valence electrons. The highest BCUT2D eigenvalue weighted by Crippen LogP contribution is 2.29. The van der Waals surface area contributed by atoms with Crippen molar-refractivity contribution >= 4 is 11.6 Å². The Morgan fingerprint density at radius 2 is 1.15 bits per heavy atom. The van der Waals surface area contributed by atoms with Crippen molar-refractivity contribution in [1.29, 1.82) is 0 Å². The summed E-state index contributed by atoms with van der Waals surface area (Å²) in [5.41, 5.74) is -1.15. The number of rotatable bonds is 11. The standard InChI is InChI=1S/C25H32O8/c1-24(2,31)21(27)17-9-5-15(6-10-17)20(33-14-19(13-26)23(29)30)16-7-11-18(12-8-16)22(28)25(3,4)32/h5-12,19-20,23,26,29-32H,13-14H2,1-4H3. The summed E-state index contributed by atoms with van der Waals surface area (Å²) in [6.07, 6.45) is -2.48. The Labute approximate surface area is 193 Å². The Morgan fingerprint density at radius 3 is 1.42 bits per heavy atom. The van der Waals surface area contributed by atoms with Crippen LogP contribution in [0.15, 0.2) is 48.5 Å². The summed E-state index contributed by atoms with van der Waals surface area (Å²) in [4.78, 5) is 24.6. The first-order valence-corrected chi connectivity index (χ1v) is 10.6. The molecule has 8 nitrogen and oxygen atoms in total. The van der Waals surface area contributed by atoms with E-state index in [1.165, 1.54) is 27.7 Å². The second-order valence-electron chi connectivity index (χ2n) is 9.09. The predicted octanol–water partition coefficient (Wildman–Crippen LogP) is 1.62. The Hall–Kier alpha value is -2.46. The molecular formula is C25H32O8. The largest absolute Gasteiger partial charge is 0.396 e. The minimum absolute atomic E-state index is 0.173. The molecule has 2 aromatic carbocycles. The van der Waals surface area contributed by atoms with Crippen molar-refractivity contribution in [3.8, 4) is 0 Å². The van der Waals surface area contributed by atoms with Gasteiger partial charge in [-0.2, -0.15) is 0 Å². The third-order valence-electron chi connectivity index (χ3n) is 5.20. The summed E-state index contributed by atoms with van der Waals surface area (Å²) < 4.78 is 5.92. The summed E-state index contributed by atoms with van der Waals surface area (Å²) in [5.74, 6) is -1.81. The van der Waals surface area contributed by atoms with Crippen LogP contribution in [-0.4, -0.2) is 67.8 Å². The fourth-order valence-corrected chi connectivity index (χ4v) is 3.16. The van der Waals surface area contributed by atoms with Crippen LogP contribution >= 0.6 is 0 Å². The van der Waals surface area contributed by atoms with Gasteiger partial charge >= 0.3 is 0 Å².